The summed E-state index contributed by atoms with van der Waals surface area (Å²) < 4.78 is 0. The molecule has 1 N–H and O–H groups in total. The van der Waals surface area contributed by atoms with E-state index in [1.54, 1.807) is 18.2 Å². The van der Waals surface area contributed by atoms with E-state index in [1.807, 2.05) is 36.4 Å². The lowest BCUT2D eigenvalue weighted by molar-refractivity contribution is 0.0699. The molecule has 0 fully saturated rings. The SMILES string of the molecule is [B]c1ccc(-c2ccc3c(C(=O)O)cccc3n2)cc1. The summed E-state index contributed by atoms with van der Waals surface area (Å²) in [7, 11) is 5.66. The molecule has 1 aromatic heterocycles. The van der Waals surface area contributed by atoms with E-state index in [1.165, 1.54) is 0 Å². The highest BCUT2D eigenvalue weighted by Crippen LogP contribution is 2.22. The molecule has 0 amide bonds. The molecule has 3 rings (SSSR count). The third kappa shape index (κ3) is 2.16. The first-order valence-corrected chi connectivity index (χ1v) is 6.14. The van der Waals surface area contributed by atoms with Crippen molar-refractivity contribution in [3.63, 3.8) is 0 Å². The number of rotatable bonds is 2. The number of carbonyl (C=O) groups is 1. The molecule has 20 heavy (non-hydrogen) atoms. The van der Waals surface area contributed by atoms with Crippen LogP contribution in [0.25, 0.3) is 22.2 Å². The van der Waals surface area contributed by atoms with Crippen molar-refractivity contribution in [3.05, 3.63) is 60.2 Å². The molecule has 0 atom stereocenters. The predicted octanol–water partition coefficient (Wildman–Crippen LogP) is 2.39. The molecule has 2 aromatic carbocycles. The molecular weight excluding hydrogens is 249 g/mol. The Labute approximate surface area is 117 Å². The van der Waals surface area contributed by atoms with E-state index in [-0.39, 0.29) is 5.56 Å². The smallest absolute Gasteiger partial charge is 0.336 e. The van der Waals surface area contributed by atoms with Gasteiger partial charge in [0.15, 0.2) is 0 Å². The Morgan fingerprint density at radius 1 is 1.00 bits per heavy atom. The highest BCUT2D eigenvalue weighted by Gasteiger charge is 2.09. The molecule has 2 radical (unpaired) electrons. The molecule has 0 bridgehead atoms. The average Bonchev–Trinajstić information content (AvgIpc) is 2.46. The minimum atomic E-state index is -0.947. The summed E-state index contributed by atoms with van der Waals surface area (Å²) in [6.45, 7) is 0. The monoisotopic (exact) mass is 259 g/mol. The normalized spacial score (nSPS) is 10.6. The number of nitrogens with zero attached hydrogens (tertiary/aromatic N) is 1. The largest absolute Gasteiger partial charge is 0.478 e. The van der Waals surface area contributed by atoms with Crippen LogP contribution in [0.15, 0.2) is 54.6 Å². The van der Waals surface area contributed by atoms with Gasteiger partial charge in [0.25, 0.3) is 0 Å². The van der Waals surface area contributed by atoms with Gasteiger partial charge in [-0.3, -0.25) is 0 Å². The van der Waals surface area contributed by atoms with E-state index < -0.39 is 5.97 Å². The fraction of sp³-hybridized carbons (Fsp3) is 0. The van der Waals surface area contributed by atoms with Gasteiger partial charge in [0.1, 0.15) is 7.85 Å². The number of benzene rings is 2. The molecule has 3 aromatic rings. The van der Waals surface area contributed by atoms with E-state index in [0.29, 0.717) is 16.4 Å². The van der Waals surface area contributed by atoms with Crippen LogP contribution in [-0.4, -0.2) is 23.9 Å². The van der Waals surface area contributed by atoms with Crippen LogP contribution in [0.1, 0.15) is 10.4 Å². The predicted molar refractivity (Wildman–Crippen MR) is 79.5 cm³/mol. The van der Waals surface area contributed by atoms with E-state index in [4.69, 9.17) is 13.0 Å². The standard InChI is InChI=1S/C16H10BNO2/c17-11-6-4-10(5-7-11)14-9-8-12-13(16(19)20)2-1-3-15(12)18-14/h1-9H,(H,19,20). The fourth-order valence-electron chi connectivity index (χ4n) is 2.16. The number of carboxylic acid groups (broad SMARTS) is 1. The topological polar surface area (TPSA) is 50.2 Å². The average molecular weight is 259 g/mol. The van der Waals surface area contributed by atoms with Gasteiger partial charge in [-0.2, -0.15) is 0 Å². The molecule has 94 valence electrons. The van der Waals surface area contributed by atoms with Crippen LogP contribution >= 0.6 is 0 Å². The van der Waals surface area contributed by atoms with Crippen LogP contribution in [0.3, 0.4) is 0 Å². The van der Waals surface area contributed by atoms with E-state index >= 15 is 0 Å². The van der Waals surface area contributed by atoms with Gasteiger partial charge >= 0.3 is 5.97 Å². The van der Waals surface area contributed by atoms with Crippen LogP contribution in [0, 0.1) is 0 Å². The first-order chi connectivity index (χ1) is 9.65. The lowest BCUT2D eigenvalue weighted by Crippen LogP contribution is -2.00. The number of aromatic nitrogens is 1. The Morgan fingerprint density at radius 2 is 1.75 bits per heavy atom. The number of fused-ring (bicyclic) bond motifs is 1. The Morgan fingerprint density at radius 3 is 2.45 bits per heavy atom. The number of hydrogen-bond donors (Lipinski definition) is 1. The maximum absolute atomic E-state index is 11.2. The summed E-state index contributed by atoms with van der Waals surface area (Å²) in [4.78, 5) is 15.7. The van der Waals surface area contributed by atoms with Crippen molar-refractivity contribution in [2.45, 2.75) is 0 Å². The number of pyridine rings is 1. The first-order valence-electron chi connectivity index (χ1n) is 6.14. The summed E-state index contributed by atoms with van der Waals surface area (Å²) in [6, 6.07) is 16.1. The van der Waals surface area contributed by atoms with E-state index in [2.05, 4.69) is 4.98 Å². The Hall–Kier alpha value is -2.62. The minimum absolute atomic E-state index is 0.263. The summed E-state index contributed by atoms with van der Waals surface area (Å²) in [5.74, 6) is -0.947. The van der Waals surface area contributed by atoms with Gasteiger partial charge in [0.2, 0.25) is 0 Å². The lowest BCUT2D eigenvalue weighted by atomic mass is 9.94. The second-order valence-electron chi connectivity index (χ2n) is 4.50. The summed E-state index contributed by atoms with van der Waals surface area (Å²) >= 11 is 0. The molecule has 0 spiro atoms. The second kappa shape index (κ2) is 4.81. The highest BCUT2D eigenvalue weighted by molar-refractivity contribution is 6.32. The van der Waals surface area contributed by atoms with Crippen molar-refractivity contribution in [2.24, 2.45) is 0 Å². The quantitative estimate of drug-likeness (QED) is 0.719. The van der Waals surface area contributed by atoms with Gasteiger partial charge in [-0.15, -0.1) is 0 Å². The molecule has 0 saturated heterocycles. The van der Waals surface area contributed by atoms with Gasteiger partial charge < -0.3 is 5.11 Å². The summed E-state index contributed by atoms with van der Waals surface area (Å²) in [5, 5.41) is 9.80. The molecule has 0 aliphatic carbocycles. The van der Waals surface area contributed by atoms with Crippen LogP contribution < -0.4 is 5.46 Å². The minimum Gasteiger partial charge on any atom is -0.478 e. The van der Waals surface area contributed by atoms with Gasteiger partial charge in [0, 0.05) is 10.9 Å². The van der Waals surface area contributed by atoms with Crippen LogP contribution in [0.5, 0.6) is 0 Å². The van der Waals surface area contributed by atoms with Crippen molar-refractivity contribution >= 4 is 30.2 Å². The summed E-state index contributed by atoms with van der Waals surface area (Å²) in [6.07, 6.45) is 0. The van der Waals surface area contributed by atoms with Crippen molar-refractivity contribution < 1.29 is 9.90 Å². The van der Waals surface area contributed by atoms with Crippen molar-refractivity contribution in [2.75, 3.05) is 0 Å². The first kappa shape index (κ1) is 12.4. The Kier molecular flexibility index (Phi) is 2.99. The summed E-state index contributed by atoms with van der Waals surface area (Å²) in [5.41, 5.74) is 3.36. The molecule has 4 heteroatoms. The van der Waals surface area contributed by atoms with Crippen LogP contribution in [0.2, 0.25) is 0 Å². The second-order valence-corrected chi connectivity index (χ2v) is 4.50. The fourth-order valence-corrected chi connectivity index (χ4v) is 2.16. The zero-order valence-electron chi connectivity index (χ0n) is 10.6. The van der Waals surface area contributed by atoms with Crippen LogP contribution in [-0.2, 0) is 0 Å². The highest BCUT2D eigenvalue weighted by atomic mass is 16.4. The van der Waals surface area contributed by atoms with Gasteiger partial charge in [0.05, 0.1) is 16.8 Å². The molecular formula is C16H10BNO2. The van der Waals surface area contributed by atoms with Crippen molar-refractivity contribution in [3.8, 4) is 11.3 Å². The third-order valence-corrected chi connectivity index (χ3v) is 3.17. The molecule has 0 unspecified atom stereocenters. The maximum Gasteiger partial charge on any atom is 0.336 e. The maximum atomic E-state index is 11.2. The Bertz CT molecular complexity index is 797. The number of hydrogen-bond acceptors (Lipinski definition) is 2. The van der Waals surface area contributed by atoms with Crippen molar-refractivity contribution in [1.82, 2.24) is 4.98 Å². The zero-order valence-corrected chi connectivity index (χ0v) is 10.6. The lowest BCUT2D eigenvalue weighted by Gasteiger charge is -2.06. The van der Waals surface area contributed by atoms with Gasteiger partial charge in [-0.25, -0.2) is 9.78 Å². The Balaban J connectivity index is 2.16. The van der Waals surface area contributed by atoms with Gasteiger partial charge in [-0.1, -0.05) is 35.8 Å². The van der Waals surface area contributed by atoms with Crippen LogP contribution in [0.4, 0.5) is 0 Å². The molecule has 1 heterocycles. The molecule has 0 aliphatic rings. The molecule has 0 aliphatic heterocycles. The number of aromatic carboxylic acids is 1. The number of carboxylic acids is 1. The molecule has 3 nitrogen and oxygen atoms in total. The van der Waals surface area contributed by atoms with E-state index in [0.717, 1.165) is 11.3 Å². The van der Waals surface area contributed by atoms with Gasteiger partial charge in [-0.05, 0) is 24.3 Å². The van der Waals surface area contributed by atoms with E-state index in [9.17, 15) is 4.79 Å². The van der Waals surface area contributed by atoms with Crippen molar-refractivity contribution in [1.29, 1.82) is 0 Å². The zero-order chi connectivity index (χ0) is 14.1. The third-order valence-electron chi connectivity index (χ3n) is 3.17. The molecule has 0 saturated carbocycles.